The van der Waals surface area contributed by atoms with E-state index in [1.54, 1.807) is 32.4 Å². The van der Waals surface area contributed by atoms with E-state index in [0.717, 1.165) is 12.2 Å². The van der Waals surface area contributed by atoms with Gasteiger partial charge in [-0.05, 0) is 48.1 Å². The molecule has 152 valence electrons. The van der Waals surface area contributed by atoms with E-state index in [-0.39, 0.29) is 11.3 Å². The van der Waals surface area contributed by atoms with Crippen LogP contribution in [0.15, 0.2) is 42.5 Å². The molecule has 0 heterocycles. The Morgan fingerprint density at radius 2 is 1.68 bits per heavy atom. The summed E-state index contributed by atoms with van der Waals surface area (Å²) in [4.78, 5) is 12.1. The number of amides is 1. The van der Waals surface area contributed by atoms with Crippen molar-refractivity contribution in [2.24, 2.45) is 0 Å². The lowest BCUT2D eigenvalue weighted by Gasteiger charge is -2.23. The van der Waals surface area contributed by atoms with Gasteiger partial charge in [0.05, 0.1) is 20.8 Å². The molecule has 0 radical (unpaired) electrons. The molecule has 0 aliphatic carbocycles. The van der Waals surface area contributed by atoms with E-state index >= 15 is 0 Å². The molecule has 0 bridgehead atoms. The Bertz CT molecular complexity index is 769. The number of hydrogen-bond donors (Lipinski definition) is 1. The molecule has 0 aromatic heterocycles. The predicted molar refractivity (Wildman–Crippen MR) is 113 cm³/mol. The fourth-order valence-electron chi connectivity index (χ4n) is 2.77. The van der Waals surface area contributed by atoms with E-state index < -0.39 is 0 Å². The zero-order valence-electron chi connectivity index (χ0n) is 17.5. The number of rotatable bonds is 10. The number of ether oxygens (including phenoxy) is 3. The molecule has 0 atom stereocenters. The number of carbonyl (C=O) groups is 1. The predicted octanol–water partition coefficient (Wildman–Crippen LogP) is 5.19. The van der Waals surface area contributed by atoms with Crippen LogP contribution in [0, 0.1) is 0 Å². The van der Waals surface area contributed by atoms with Crippen LogP contribution < -0.4 is 19.5 Å². The Morgan fingerprint density at radius 1 is 1.00 bits per heavy atom. The third-order valence-corrected chi connectivity index (χ3v) is 5.00. The van der Waals surface area contributed by atoms with Gasteiger partial charge >= 0.3 is 0 Å². The maximum atomic E-state index is 12.1. The number of hydrogen-bond acceptors (Lipinski definition) is 4. The molecule has 2 aromatic rings. The SMILES string of the molecule is CCC(C)(C)c1ccc(OCCCC(=O)Nc2ccc(OC)c(OC)c2)cc1. The topological polar surface area (TPSA) is 56.8 Å². The van der Waals surface area contributed by atoms with Gasteiger partial charge in [0, 0.05) is 18.2 Å². The van der Waals surface area contributed by atoms with E-state index in [1.807, 2.05) is 12.1 Å². The third-order valence-electron chi connectivity index (χ3n) is 5.00. The van der Waals surface area contributed by atoms with E-state index in [0.29, 0.717) is 36.6 Å². The van der Waals surface area contributed by atoms with Crippen LogP contribution >= 0.6 is 0 Å². The van der Waals surface area contributed by atoms with Crippen molar-refractivity contribution < 1.29 is 19.0 Å². The van der Waals surface area contributed by atoms with Crippen LogP contribution in [0.4, 0.5) is 5.69 Å². The van der Waals surface area contributed by atoms with Gasteiger partial charge in [0.15, 0.2) is 11.5 Å². The molecule has 2 rings (SSSR count). The average molecular weight is 386 g/mol. The van der Waals surface area contributed by atoms with Crippen molar-refractivity contribution in [1.29, 1.82) is 0 Å². The Morgan fingerprint density at radius 3 is 2.29 bits per heavy atom. The van der Waals surface area contributed by atoms with Gasteiger partial charge in [-0.15, -0.1) is 0 Å². The first-order valence-corrected chi connectivity index (χ1v) is 9.65. The molecule has 28 heavy (non-hydrogen) atoms. The molecule has 0 unspecified atom stereocenters. The van der Waals surface area contributed by atoms with Gasteiger partial charge in [-0.1, -0.05) is 32.9 Å². The first-order valence-electron chi connectivity index (χ1n) is 9.65. The minimum absolute atomic E-state index is 0.0594. The zero-order chi connectivity index (χ0) is 20.6. The molecule has 1 N–H and O–H groups in total. The average Bonchev–Trinajstić information content (AvgIpc) is 2.71. The van der Waals surface area contributed by atoms with Crippen LogP contribution in [0.25, 0.3) is 0 Å². The molecule has 0 saturated carbocycles. The van der Waals surface area contributed by atoms with E-state index in [1.165, 1.54) is 5.56 Å². The molecule has 0 aliphatic heterocycles. The third kappa shape index (κ3) is 5.91. The Balaban J connectivity index is 1.77. The monoisotopic (exact) mass is 385 g/mol. The van der Waals surface area contributed by atoms with Crippen molar-refractivity contribution in [1.82, 2.24) is 0 Å². The summed E-state index contributed by atoms with van der Waals surface area (Å²) in [5.74, 6) is 1.98. The zero-order valence-corrected chi connectivity index (χ0v) is 17.5. The summed E-state index contributed by atoms with van der Waals surface area (Å²) >= 11 is 0. The van der Waals surface area contributed by atoms with Gasteiger partial charge in [0.1, 0.15) is 5.75 Å². The Hall–Kier alpha value is -2.69. The number of nitrogens with one attached hydrogen (secondary N) is 1. The summed E-state index contributed by atoms with van der Waals surface area (Å²) in [6.07, 6.45) is 2.11. The number of benzene rings is 2. The van der Waals surface area contributed by atoms with E-state index in [4.69, 9.17) is 14.2 Å². The standard InChI is InChI=1S/C23H31NO4/c1-6-23(2,3)17-9-12-19(13-10-17)28-15-7-8-22(25)24-18-11-14-20(26-4)21(16-18)27-5/h9-14,16H,6-8,15H2,1-5H3,(H,24,25). The molecular formula is C23H31NO4. The second-order valence-electron chi connectivity index (χ2n) is 7.33. The number of carbonyl (C=O) groups excluding carboxylic acids is 1. The molecule has 0 aliphatic rings. The molecule has 1 amide bonds. The normalized spacial score (nSPS) is 11.0. The second kappa shape index (κ2) is 10.0. The van der Waals surface area contributed by atoms with Crippen molar-refractivity contribution >= 4 is 11.6 Å². The molecule has 5 nitrogen and oxygen atoms in total. The van der Waals surface area contributed by atoms with Crippen molar-refractivity contribution in [3.8, 4) is 17.2 Å². The fourth-order valence-corrected chi connectivity index (χ4v) is 2.77. The molecule has 0 fully saturated rings. The highest BCUT2D eigenvalue weighted by Gasteiger charge is 2.17. The molecule has 5 heteroatoms. The maximum absolute atomic E-state index is 12.1. The van der Waals surface area contributed by atoms with Crippen molar-refractivity contribution in [3.05, 3.63) is 48.0 Å². The quantitative estimate of drug-likeness (QED) is 0.572. The lowest BCUT2D eigenvalue weighted by Crippen LogP contribution is -2.15. The highest BCUT2D eigenvalue weighted by molar-refractivity contribution is 5.91. The minimum Gasteiger partial charge on any atom is -0.494 e. The van der Waals surface area contributed by atoms with Gasteiger partial charge in [0.25, 0.3) is 0 Å². The lowest BCUT2D eigenvalue weighted by atomic mass is 9.82. The van der Waals surface area contributed by atoms with Crippen molar-refractivity contribution in [2.75, 3.05) is 26.1 Å². The smallest absolute Gasteiger partial charge is 0.224 e. The van der Waals surface area contributed by atoms with Crippen LogP contribution in [-0.2, 0) is 10.2 Å². The van der Waals surface area contributed by atoms with Crippen molar-refractivity contribution in [2.45, 2.75) is 45.4 Å². The molecule has 2 aromatic carbocycles. The minimum atomic E-state index is -0.0594. The molecule has 0 spiro atoms. The van der Waals surface area contributed by atoms with Crippen LogP contribution in [0.2, 0.25) is 0 Å². The maximum Gasteiger partial charge on any atom is 0.224 e. The van der Waals surface area contributed by atoms with E-state index in [2.05, 4.69) is 38.2 Å². The van der Waals surface area contributed by atoms with Crippen molar-refractivity contribution in [3.63, 3.8) is 0 Å². The van der Waals surface area contributed by atoms with Crippen LogP contribution in [0.1, 0.15) is 45.6 Å². The van der Waals surface area contributed by atoms with Gasteiger partial charge in [-0.3, -0.25) is 4.79 Å². The van der Waals surface area contributed by atoms with Crippen LogP contribution in [0.3, 0.4) is 0 Å². The summed E-state index contributed by atoms with van der Waals surface area (Å²) in [6.45, 7) is 7.16. The highest BCUT2D eigenvalue weighted by atomic mass is 16.5. The van der Waals surface area contributed by atoms with Gasteiger partial charge in [-0.2, -0.15) is 0 Å². The second-order valence-corrected chi connectivity index (χ2v) is 7.33. The fraction of sp³-hybridized carbons (Fsp3) is 0.435. The first kappa shape index (κ1) is 21.6. The van der Waals surface area contributed by atoms with E-state index in [9.17, 15) is 4.79 Å². The summed E-state index contributed by atoms with van der Waals surface area (Å²) in [7, 11) is 3.14. The first-order chi connectivity index (χ1) is 13.4. The molecular weight excluding hydrogens is 354 g/mol. The largest absolute Gasteiger partial charge is 0.494 e. The van der Waals surface area contributed by atoms with Gasteiger partial charge < -0.3 is 19.5 Å². The Labute approximate surface area is 168 Å². The number of anilines is 1. The Kier molecular flexibility index (Phi) is 7.73. The van der Waals surface area contributed by atoms with Crippen LogP contribution in [-0.4, -0.2) is 26.7 Å². The summed E-state index contributed by atoms with van der Waals surface area (Å²) < 4.78 is 16.2. The highest BCUT2D eigenvalue weighted by Crippen LogP contribution is 2.30. The van der Waals surface area contributed by atoms with Gasteiger partial charge in [0.2, 0.25) is 5.91 Å². The summed E-state index contributed by atoms with van der Waals surface area (Å²) in [5.41, 5.74) is 2.15. The lowest BCUT2D eigenvalue weighted by molar-refractivity contribution is -0.116. The van der Waals surface area contributed by atoms with Gasteiger partial charge in [-0.25, -0.2) is 0 Å². The summed E-state index contributed by atoms with van der Waals surface area (Å²) in [5, 5.41) is 2.87. The number of methoxy groups -OCH3 is 2. The molecule has 0 saturated heterocycles. The summed E-state index contributed by atoms with van der Waals surface area (Å²) in [6, 6.07) is 13.5. The van der Waals surface area contributed by atoms with Crippen LogP contribution in [0.5, 0.6) is 17.2 Å².